The molecule has 102 valence electrons. The Hall–Kier alpha value is -2.39. The van der Waals surface area contributed by atoms with Crippen LogP contribution in [0.4, 0.5) is 24.7 Å². The van der Waals surface area contributed by atoms with E-state index in [4.69, 9.17) is 4.74 Å². The number of rotatable bonds is 2. The molecular weight excluding hydrogens is 271 g/mol. The average Bonchev–Trinajstić information content (AvgIpc) is 2.31. The third kappa shape index (κ3) is 2.72. The van der Waals surface area contributed by atoms with Crippen LogP contribution in [0, 0.1) is 10.1 Å². The highest BCUT2D eigenvalue weighted by atomic mass is 19.4. The lowest BCUT2D eigenvalue weighted by molar-refractivity contribution is -0.385. The average molecular weight is 277 g/mol. The monoisotopic (exact) mass is 277 g/mol. The first kappa shape index (κ1) is 13.1. The van der Waals surface area contributed by atoms with E-state index in [1.807, 2.05) is 0 Å². The van der Waals surface area contributed by atoms with E-state index in [1.165, 1.54) is 0 Å². The summed E-state index contributed by atoms with van der Waals surface area (Å²) >= 11 is 0. The van der Waals surface area contributed by atoms with E-state index in [2.05, 4.69) is 4.98 Å². The minimum atomic E-state index is -4.60. The smallest absolute Gasteiger partial charge is 0.406 e. The van der Waals surface area contributed by atoms with E-state index in [9.17, 15) is 28.1 Å². The zero-order valence-corrected chi connectivity index (χ0v) is 9.18. The van der Waals surface area contributed by atoms with Crippen molar-refractivity contribution in [1.29, 1.82) is 0 Å². The lowest BCUT2D eigenvalue weighted by Gasteiger charge is -2.28. The van der Waals surface area contributed by atoms with Crippen LogP contribution >= 0.6 is 0 Å². The Morgan fingerprint density at radius 2 is 2.21 bits per heavy atom. The summed E-state index contributed by atoms with van der Waals surface area (Å²) in [5.41, 5.74) is -0.431. The fourth-order valence-electron chi connectivity index (χ4n) is 1.51. The van der Waals surface area contributed by atoms with Gasteiger partial charge in [-0.15, -0.1) is 0 Å². The summed E-state index contributed by atoms with van der Waals surface area (Å²) in [7, 11) is 0. The highest BCUT2D eigenvalue weighted by Gasteiger charge is 2.38. The topological polar surface area (TPSA) is 85.6 Å². The molecule has 2 heterocycles. The van der Waals surface area contributed by atoms with Gasteiger partial charge in [0.1, 0.15) is 12.7 Å². The highest BCUT2D eigenvalue weighted by molar-refractivity contribution is 5.96. The standard InChI is InChI=1S/C9H6F3N3O4/c10-9(11,12)4-14-7(16)3-19-6-1-5(15(17)18)2-13-8(6)14/h1-2H,3-4H2. The number of aromatic nitrogens is 1. The Bertz CT molecular complexity index is 546. The molecular formula is C9H6F3N3O4. The van der Waals surface area contributed by atoms with Crippen molar-refractivity contribution in [3.05, 3.63) is 22.4 Å². The van der Waals surface area contributed by atoms with Crippen LogP contribution < -0.4 is 9.64 Å². The predicted octanol–water partition coefficient (Wildman–Crippen LogP) is 1.28. The van der Waals surface area contributed by atoms with Gasteiger partial charge in [-0.25, -0.2) is 4.98 Å². The molecule has 0 aliphatic carbocycles. The Balaban J connectivity index is 2.39. The molecule has 1 aromatic rings. The molecule has 0 saturated heterocycles. The lowest BCUT2D eigenvalue weighted by atomic mass is 10.3. The number of hydrogen-bond donors (Lipinski definition) is 0. The molecule has 2 rings (SSSR count). The van der Waals surface area contributed by atoms with Gasteiger partial charge in [0.05, 0.1) is 11.0 Å². The first-order chi connectivity index (χ1) is 8.78. The van der Waals surface area contributed by atoms with Crippen LogP contribution in [0.25, 0.3) is 0 Å². The van der Waals surface area contributed by atoms with E-state index in [0.29, 0.717) is 4.90 Å². The molecule has 1 aliphatic rings. The summed E-state index contributed by atoms with van der Waals surface area (Å²) in [5, 5.41) is 10.5. The molecule has 0 fully saturated rings. The Morgan fingerprint density at radius 3 is 2.79 bits per heavy atom. The van der Waals surface area contributed by atoms with Gasteiger partial charge < -0.3 is 4.74 Å². The van der Waals surface area contributed by atoms with Gasteiger partial charge in [0.2, 0.25) is 0 Å². The molecule has 7 nitrogen and oxygen atoms in total. The minimum absolute atomic E-state index is 0.224. The second-order valence-corrected chi connectivity index (χ2v) is 3.66. The molecule has 10 heteroatoms. The molecule has 0 radical (unpaired) electrons. The quantitative estimate of drug-likeness (QED) is 0.600. The van der Waals surface area contributed by atoms with Gasteiger partial charge in [-0.2, -0.15) is 13.2 Å². The molecule has 0 aromatic carbocycles. The van der Waals surface area contributed by atoms with Crippen molar-refractivity contribution >= 4 is 17.4 Å². The van der Waals surface area contributed by atoms with Gasteiger partial charge in [0.25, 0.3) is 11.6 Å². The van der Waals surface area contributed by atoms with Gasteiger partial charge in [0.15, 0.2) is 18.2 Å². The van der Waals surface area contributed by atoms with Crippen molar-refractivity contribution in [1.82, 2.24) is 4.98 Å². The summed E-state index contributed by atoms with van der Waals surface area (Å²) < 4.78 is 41.9. The van der Waals surface area contributed by atoms with Crippen LogP contribution in [-0.4, -0.2) is 35.1 Å². The number of pyridine rings is 1. The number of amides is 1. The maximum absolute atomic E-state index is 12.3. The Labute approximate surface area is 103 Å². The maximum atomic E-state index is 12.3. The lowest BCUT2D eigenvalue weighted by Crippen LogP contribution is -2.44. The van der Waals surface area contributed by atoms with Crippen molar-refractivity contribution in [3.8, 4) is 5.75 Å². The van der Waals surface area contributed by atoms with Gasteiger partial charge in [-0.1, -0.05) is 0 Å². The van der Waals surface area contributed by atoms with E-state index < -0.39 is 35.8 Å². The fourth-order valence-corrected chi connectivity index (χ4v) is 1.51. The van der Waals surface area contributed by atoms with Gasteiger partial charge >= 0.3 is 6.18 Å². The summed E-state index contributed by atoms with van der Waals surface area (Å²) in [6.07, 6.45) is -3.84. The molecule has 0 spiro atoms. The molecule has 0 unspecified atom stereocenters. The van der Waals surface area contributed by atoms with Crippen molar-refractivity contribution in [2.24, 2.45) is 0 Å². The number of carbonyl (C=O) groups is 1. The molecule has 0 bridgehead atoms. The summed E-state index contributed by atoms with van der Waals surface area (Å²) in [4.78, 5) is 25.0. The normalized spacial score (nSPS) is 14.9. The third-order valence-electron chi connectivity index (χ3n) is 2.27. The Kier molecular flexibility index (Phi) is 3.00. The molecule has 0 saturated carbocycles. The van der Waals surface area contributed by atoms with Crippen LogP contribution in [-0.2, 0) is 4.79 Å². The molecule has 0 atom stereocenters. The molecule has 1 aliphatic heterocycles. The SMILES string of the molecule is O=C1COc2cc([N+](=O)[O-])cnc2N1CC(F)(F)F. The number of nitro groups is 1. The fraction of sp³-hybridized carbons (Fsp3) is 0.333. The number of hydrogen-bond acceptors (Lipinski definition) is 5. The minimum Gasteiger partial charge on any atom is -0.480 e. The van der Waals surface area contributed by atoms with E-state index in [0.717, 1.165) is 12.3 Å². The molecule has 0 N–H and O–H groups in total. The van der Waals surface area contributed by atoms with Gasteiger partial charge in [0, 0.05) is 0 Å². The van der Waals surface area contributed by atoms with Gasteiger partial charge in [-0.05, 0) is 0 Å². The zero-order chi connectivity index (χ0) is 14.2. The van der Waals surface area contributed by atoms with Crippen LogP contribution in [0.1, 0.15) is 0 Å². The van der Waals surface area contributed by atoms with E-state index >= 15 is 0 Å². The van der Waals surface area contributed by atoms with Crippen LogP contribution in [0.15, 0.2) is 12.3 Å². The summed E-state index contributed by atoms with van der Waals surface area (Å²) in [5.74, 6) is -1.51. The molecule has 1 aromatic heterocycles. The first-order valence-corrected chi connectivity index (χ1v) is 4.92. The summed E-state index contributed by atoms with van der Waals surface area (Å²) in [6.45, 7) is -2.14. The van der Waals surface area contributed by atoms with Crippen molar-refractivity contribution in [3.63, 3.8) is 0 Å². The van der Waals surface area contributed by atoms with Crippen molar-refractivity contribution < 1.29 is 27.6 Å². The molecule has 19 heavy (non-hydrogen) atoms. The number of halogens is 3. The number of carbonyl (C=O) groups excluding carboxylic acids is 1. The number of nitrogens with zero attached hydrogens (tertiary/aromatic N) is 3. The largest absolute Gasteiger partial charge is 0.480 e. The number of ether oxygens (including phenoxy) is 1. The zero-order valence-electron chi connectivity index (χ0n) is 9.18. The van der Waals surface area contributed by atoms with Gasteiger partial charge in [-0.3, -0.25) is 19.8 Å². The highest BCUT2D eigenvalue weighted by Crippen LogP contribution is 2.34. The first-order valence-electron chi connectivity index (χ1n) is 4.92. The predicted molar refractivity (Wildman–Crippen MR) is 54.8 cm³/mol. The molecule has 1 amide bonds. The third-order valence-corrected chi connectivity index (χ3v) is 2.27. The number of alkyl halides is 3. The second kappa shape index (κ2) is 4.37. The Morgan fingerprint density at radius 1 is 1.53 bits per heavy atom. The van der Waals surface area contributed by atoms with E-state index in [1.54, 1.807) is 0 Å². The van der Waals surface area contributed by atoms with Crippen molar-refractivity contribution in [2.45, 2.75) is 6.18 Å². The van der Waals surface area contributed by atoms with Crippen LogP contribution in [0.3, 0.4) is 0 Å². The number of fused-ring (bicyclic) bond motifs is 1. The number of anilines is 1. The van der Waals surface area contributed by atoms with Crippen LogP contribution in [0.2, 0.25) is 0 Å². The maximum Gasteiger partial charge on any atom is 0.406 e. The van der Waals surface area contributed by atoms with Crippen molar-refractivity contribution in [2.75, 3.05) is 18.1 Å². The summed E-state index contributed by atoms with van der Waals surface area (Å²) in [6, 6.07) is 0.929. The van der Waals surface area contributed by atoms with Crippen LogP contribution in [0.5, 0.6) is 5.75 Å². The van der Waals surface area contributed by atoms with E-state index in [-0.39, 0.29) is 11.6 Å². The second-order valence-electron chi connectivity index (χ2n) is 3.66.